The Bertz CT molecular complexity index is 435. The second-order valence-electron chi connectivity index (χ2n) is 4.27. The molecule has 4 nitrogen and oxygen atoms in total. The average Bonchev–Trinajstić information content (AvgIpc) is 2.27. The fourth-order valence-electron chi connectivity index (χ4n) is 1.98. The van der Waals surface area contributed by atoms with Gasteiger partial charge in [-0.25, -0.2) is 4.39 Å². The van der Waals surface area contributed by atoms with Crippen molar-refractivity contribution in [2.45, 2.75) is 12.6 Å². The first-order valence-corrected chi connectivity index (χ1v) is 6.42. The first-order chi connectivity index (χ1) is 8.54. The van der Waals surface area contributed by atoms with Crippen LogP contribution < -0.4 is 5.73 Å². The van der Waals surface area contributed by atoms with Crippen molar-refractivity contribution in [3.05, 3.63) is 34.1 Å². The molecule has 6 heteroatoms. The molecule has 1 atom stereocenters. The summed E-state index contributed by atoms with van der Waals surface area (Å²) in [6, 6.07) is 4.76. The summed E-state index contributed by atoms with van der Waals surface area (Å²) in [6.45, 7) is 2.19. The molecule has 1 aromatic carbocycles. The highest BCUT2D eigenvalue weighted by atomic mass is 79.9. The zero-order valence-electron chi connectivity index (χ0n) is 9.73. The predicted molar refractivity (Wildman–Crippen MR) is 68.3 cm³/mol. The van der Waals surface area contributed by atoms with Crippen LogP contribution in [0.15, 0.2) is 22.7 Å². The summed E-state index contributed by atoms with van der Waals surface area (Å²) in [5.41, 5.74) is 6.07. The minimum absolute atomic E-state index is 0.279. The van der Waals surface area contributed by atoms with E-state index in [0.29, 0.717) is 30.7 Å². The quantitative estimate of drug-likeness (QED) is 0.913. The number of morpholine rings is 1. The molecule has 1 aromatic rings. The van der Waals surface area contributed by atoms with Crippen LogP contribution in [0.5, 0.6) is 0 Å². The molecule has 0 aromatic heterocycles. The molecule has 1 aliphatic heterocycles. The van der Waals surface area contributed by atoms with E-state index in [1.54, 1.807) is 0 Å². The lowest BCUT2D eigenvalue weighted by Gasteiger charge is -2.31. The fraction of sp³-hybridized carbons (Fsp3) is 0.417. The second-order valence-corrected chi connectivity index (χ2v) is 5.19. The first-order valence-electron chi connectivity index (χ1n) is 5.63. The van der Waals surface area contributed by atoms with Gasteiger partial charge < -0.3 is 10.5 Å². The highest BCUT2D eigenvalue weighted by Crippen LogP contribution is 2.17. The number of rotatable bonds is 3. The molecule has 1 unspecified atom stereocenters. The fourth-order valence-corrected chi connectivity index (χ4v) is 2.49. The van der Waals surface area contributed by atoms with E-state index in [4.69, 9.17) is 10.5 Å². The van der Waals surface area contributed by atoms with Crippen LogP contribution in [-0.2, 0) is 16.1 Å². The third-order valence-electron chi connectivity index (χ3n) is 2.80. The molecule has 1 heterocycles. The van der Waals surface area contributed by atoms with Crippen molar-refractivity contribution in [1.29, 1.82) is 0 Å². The highest BCUT2D eigenvalue weighted by Gasteiger charge is 2.24. The van der Waals surface area contributed by atoms with E-state index < -0.39 is 12.0 Å². The molecule has 2 rings (SSSR count). The van der Waals surface area contributed by atoms with Crippen molar-refractivity contribution < 1.29 is 13.9 Å². The second kappa shape index (κ2) is 5.77. The number of hydrogen-bond acceptors (Lipinski definition) is 3. The van der Waals surface area contributed by atoms with Crippen LogP contribution >= 0.6 is 15.9 Å². The lowest BCUT2D eigenvalue weighted by Crippen LogP contribution is -2.47. The van der Waals surface area contributed by atoms with Crippen LogP contribution in [-0.4, -0.2) is 36.6 Å². The molecule has 0 saturated carbocycles. The Morgan fingerprint density at radius 1 is 1.56 bits per heavy atom. The zero-order chi connectivity index (χ0) is 13.1. The van der Waals surface area contributed by atoms with E-state index in [0.717, 1.165) is 5.56 Å². The number of carbonyl (C=O) groups excluding carboxylic acids is 1. The molecule has 1 fully saturated rings. The van der Waals surface area contributed by atoms with Crippen molar-refractivity contribution in [1.82, 2.24) is 4.90 Å². The summed E-state index contributed by atoms with van der Waals surface area (Å²) in [7, 11) is 0. The summed E-state index contributed by atoms with van der Waals surface area (Å²) in [6.07, 6.45) is -0.573. The van der Waals surface area contributed by atoms with Crippen molar-refractivity contribution in [2.24, 2.45) is 5.73 Å². The smallest absolute Gasteiger partial charge is 0.247 e. The molecule has 18 heavy (non-hydrogen) atoms. The van der Waals surface area contributed by atoms with E-state index in [9.17, 15) is 9.18 Å². The summed E-state index contributed by atoms with van der Waals surface area (Å²) in [5.74, 6) is -0.737. The Kier molecular flexibility index (Phi) is 4.31. The molecule has 0 radical (unpaired) electrons. The molecule has 1 saturated heterocycles. The van der Waals surface area contributed by atoms with Crippen molar-refractivity contribution >= 4 is 21.8 Å². The number of primary amides is 1. The maximum absolute atomic E-state index is 13.2. The van der Waals surface area contributed by atoms with Crippen LogP contribution in [0.25, 0.3) is 0 Å². The van der Waals surface area contributed by atoms with Crippen molar-refractivity contribution in [2.75, 3.05) is 19.7 Å². The standard InChI is InChI=1S/C12H14BrFN2O2/c13-9-3-8(4-10(14)5-9)6-16-1-2-18-11(7-16)12(15)17/h3-5,11H,1-2,6-7H2,(H2,15,17). The highest BCUT2D eigenvalue weighted by molar-refractivity contribution is 9.10. The largest absolute Gasteiger partial charge is 0.367 e. The number of hydrogen-bond donors (Lipinski definition) is 1. The molecule has 98 valence electrons. The van der Waals surface area contributed by atoms with Gasteiger partial charge in [0.2, 0.25) is 5.91 Å². The van der Waals surface area contributed by atoms with E-state index in [1.165, 1.54) is 12.1 Å². The van der Waals surface area contributed by atoms with Gasteiger partial charge in [0.1, 0.15) is 11.9 Å². The molecular formula is C12H14BrFN2O2. The van der Waals surface area contributed by atoms with Crippen LogP contribution in [0.4, 0.5) is 4.39 Å². The lowest BCUT2D eigenvalue weighted by atomic mass is 10.2. The van der Waals surface area contributed by atoms with E-state index in [2.05, 4.69) is 15.9 Å². The minimum Gasteiger partial charge on any atom is -0.367 e. The van der Waals surface area contributed by atoms with Crippen LogP contribution in [0.1, 0.15) is 5.56 Å². The Labute approximate surface area is 113 Å². The van der Waals surface area contributed by atoms with Gasteiger partial charge >= 0.3 is 0 Å². The van der Waals surface area contributed by atoms with Crippen LogP contribution in [0.3, 0.4) is 0 Å². The molecule has 2 N–H and O–H groups in total. The van der Waals surface area contributed by atoms with Gasteiger partial charge in [-0.1, -0.05) is 15.9 Å². The van der Waals surface area contributed by atoms with Gasteiger partial charge in [0, 0.05) is 24.1 Å². The average molecular weight is 317 g/mol. The predicted octanol–water partition coefficient (Wildman–Crippen LogP) is 1.27. The van der Waals surface area contributed by atoms with Crippen molar-refractivity contribution in [3.8, 4) is 0 Å². The molecule has 0 spiro atoms. The summed E-state index contributed by atoms with van der Waals surface area (Å²) in [4.78, 5) is 13.1. The van der Waals surface area contributed by atoms with Gasteiger partial charge in [-0.15, -0.1) is 0 Å². The minimum atomic E-state index is -0.573. The Morgan fingerprint density at radius 3 is 3.00 bits per heavy atom. The monoisotopic (exact) mass is 316 g/mol. The number of benzene rings is 1. The topological polar surface area (TPSA) is 55.6 Å². The van der Waals surface area contributed by atoms with Gasteiger partial charge in [-0.3, -0.25) is 9.69 Å². The molecule has 1 amide bonds. The third-order valence-corrected chi connectivity index (χ3v) is 3.25. The van der Waals surface area contributed by atoms with Crippen LogP contribution in [0.2, 0.25) is 0 Å². The Balaban J connectivity index is 2.02. The molecular weight excluding hydrogens is 303 g/mol. The number of nitrogens with zero attached hydrogens (tertiary/aromatic N) is 1. The molecule has 0 bridgehead atoms. The van der Waals surface area contributed by atoms with Gasteiger partial charge in [0.25, 0.3) is 0 Å². The Morgan fingerprint density at radius 2 is 2.33 bits per heavy atom. The summed E-state index contributed by atoms with van der Waals surface area (Å²) in [5, 5.41) is 0. The normalized spacial score (nSPS) is 20.9. The molecule has 1 aliphatic rings. The SMILES string of the molecule is NC(=O)C1CN(Cc2cc(F)cc(Br)c2)CCO1. The van der Waals surface area contributed by atoms with Crippen LogP contribution in [0, 0.1) is 5.82 Å². The number of ether oxygens (including phenoxy) is 1. The van der Waals surface area contributed by atoms with E-state index in [-0.39, 0.29) is 5.82 Å². The third kappa shape index (κ3) is 3.51. The zero-order valence-corrected chi connectivity index (χ0v) is 11.3. The van der Waals surface area contributed by atoms with Crippen molar-refractivity contribution in [3.63, 3.8) is 0 Å². The van der Waals surface area contributed by atoms with E-state index >= 15 is 0 Å². The van der Waals surface area contributed by atoms with E-state index in [1.807, 2.05) is 11.0 Å². The number of nitrogens with two attached hydrogens (primary N) is 1. The Hall–Kier alpha value is -0.980. The van der Waals surface area contributed by atoms with Gasteiger partial charge in [0.15, 0.2) is 0 Å². The summed E-state index contributed by atoms with van der Waals surface area (Å²) < 4.78 is 19.2. The summed E-state index contributed by atoms with van der Waals surface area (Å²) >= 11 is 3.26. The number of amides is 1. The first kappa shape index (κ1) is 13.5. The van der Waals surface area contributed by atoms with Gasteiger partial charge in [-0.2, -0.15) is 0 Å². The van der Waals surface area contributed by atoms with Gasteiger partial charge in [-0.05, 0) is 23.8 Å². The number of carbonyl (C=O) groups is 1. The maximum Gasteiger partial charge on any atom is 0.247 e. The van der Waals surface area contributed by atoms with Gasteiger partial charge in [0.05, 0.1) is 6.61 Å². The molecule has 0 aliphatic carbocycles. The number of halogens is 2. The lowest BCUT2D eigenvalue weighted by molar-refractivity contribution is -0.135. The maximum atomic E-state index is 13.2.